The van der Waals surface area contributed by atoms with E-state index in [-0.39, 0.29) is 11.8 Å². The number of amides is 2. The molecular formula is C24H48N2O2. The summed E-state index contributed by atoms with van der Waals surface area (Å²) in [5.41, 5.74) is 0. The standard InChI is InChI=1S/C24H48N2O2/c1-5-7-9-11-13-15-17-19-23(27)25(3)21-22-26(4)24(28)20-18-16-14-12-10-8-6-2/h5-22H2,1-4H3. The summed E-state index contributed by atoms with van der Waals surface area (Å²) in [7, 11) is 3.72. The van der Waals surface area contributed by atoms with E-state index in [1.165, 1.54) is 64.2 Å². The first-order valence-electron chi connectivity index (χ1n) is 12.0. The van der Waals surface area contributed by atoms with Gasteiger partial charge in [0, 0.05) is 40.0 Å². The molecule has 0 spiro atoms. The Morgan fingerprint density at radius 3 is 1.11 bits per heavy atom. The molecule has 0 aromatic heterocycles. The predicted octanol–water partition coefficient (Wildman–Crippen LogP) is 6.18. The van der Waals surface area contributed by atoms with Gasteiger partial charge in [-0.15, -0.1) is 0 Å². The number of likely N-dealkylation sites (N-methyl/N-ethyl adjacent to an activating group) is 2. The van der Waals surface area contributed by atoms with Crippen molar-refractivity contribution in [1.29, 1.82) is 0 Å². The summed E-state index contributed by atoms with van der Waals surface area (Å²) < 4.78 is 0. The van der Waals surface area contributed by atoms with Crippen molar-refractivity contribution in [1.82, 2.24) is 9.80 Å². The zero-order valence-corrected chi connectivity index (χ0v) is 19.4. The van der Waals surface area contributed by atoms with Crippen LogP contribution in [0.4, 0.5) is 0 Å². The first-order chi connectivity index (χ1) is 13.5. The summed E-state index contributed by atoms with van der Waals surface area (Å²) in [4.78, 5) is 28.0. The smallest absolute Gasteiger partial charge is 0.222 e. The summed E-state index contributed by atoms with van der Waals surface area (Å²) in [6.45, 7) is 5.73. The van der Waals surface area contributed by atoms with Gasteiger partial charge < -0.3 is 9.80 Å². The lowest BCUT2D eigenvalue weighted by molar-refractivity contribution is -0.133. The molecule has 0 fully saturated rings. The Balaban J connectivity index is 3.69. The van der Waals surface area contributed by atoms with Gasteiger partial charge in [0.15, 0.2) is 0 Å². The molecule has 0 N–H and O–H groups in total. The molecule has 0 aliphatic carbocycles. The highest BCUT2D eigenvalue weighted by atomic mass is 16.2. The van der Waals surface area contributed by atoms with Crippen LogP contribution >= 0.6 is 0 Å². The number of hydrogen-bond donors (Lipinski definition) is 0. The summed E-state index contributed by atoms with van der Waals surface area (Å²) >= 11 is 0. The van der Waals surface area contributed by atoms with E-state index in [4.69, 9.17) is 0 Å². The van der Waals surface area contributed by atoms with Gasteiger partial charge in [0.2, 0.25) is 11.8 Å². The van der Waals surface area contributed by atoms with Gasteiger partial charge in [-0.3, -0.25) is 9.59 Å². The molecule has 0 saturated carbocycles. The van der Waals surface area contributed by atoms with Crippen LogP contribution < -0.4 is 0 Å². The van der Waals surface area contributed by atoms with Crippen molar-refractivity contribution in [3.63, 3.8) is 0 Å². The molecule has 2 amide bonds. The molecule has 0 aromatic rings. The summed E-state index contributed by atoms with van der Waals surface area (Å²) in [5.74, 6) is 0.419. The van der Waals surface area contributed by atoms with Crippen LogP contribution in [0.1, 0.15) is 117 Å². The molecule has 0 heterocycles. The zero-order valence-electron chi connectivity index (χ0n) is 19.4. The van der Waals surface area contributed by atoms with Crippen LogP contribution in [-0.2, 0) is 9.59 Å². The second-order valence-electron chi connectivity index (χ2n) is 8.37. The van der Waals surface area contributed by atoms with Crippen molar-refractivity contribution in [2.45, 2.75) is 117 Å². The van der Waals surface area contributed by atoms with E-state index < -0.39 is 0 Å². The van der Waals surface area contributed by atoms with Crippen LogP contribution in [-0.4, -0.2) is 48.8 Å². The number of rotatable bonds is 19. The highest BCUT2D eigenvalue weighted by Crippen LogP contribution is 2.10. The molecule has 0 aliphatic heterocycles. The molecule has 4 nitrogen and oxygen atoms in total. The molecule has 4 heteroatoms. The number of hydrogen-bond acceptors (Lipinski definition) is 2. The fraction of sp³-hybridized carbons (Fsp3) is 0.917. The maximum atomic E-state index is 12.2. The number of carbonyl (C=O) groups is 2. The molecule has 28 heavy (non-hydrogen) atoms. The van der Waals surface area contributed by atoms with Crippen LogP contribution in [0.3, 0.4) is 0 Å². The summed E-state index contributed by atoms with van der Waals surface area (Å²) in [6.07, 6.45) is 18.5. The number of nitrogens with zero attached hydrogens (tertiary/aromatic N) is 2. The minimum atomic E-state index is 0.210. The largest absolute Gasteiger partial charge is 0.344 e. The maximum Gasteiger partial charge on any atom is 0.222 e. The fourth-order valence-electron chi connectivity index (χ4n) is 3.40. The third-order valence-corrected chi connectivity index (χ3v) is 5.61. The first-order valence-corrected chi connectivity index (χ1v) is 12.0. The van der Waals surface area contributed by atoms with Gasteiger partial charge in [-0.1, -0.05) is 90.9 Å². The van der Waals surface area contributed by atoms with E-state index >= 15 is 0 Å². The van der Waals surface area contributed by atoms with Gasteiger partial charge in [-0.2, -0.15) is 0 Å². The quantitative estimate of drug-likeness (QED) is 0.244. The molecule has 0 radical (unpaired) electrons. The van der Waals surface area contributed by atoms with Crippen LogP contribution in [0.15, 0.2) is 0 Å². The van der Waals surface area contributed by atoms with Crippen LogP contribution in [0.5, 0.6) is 0 Å². The Labute approximate surface area is 175 Å². The van der Waals surface area contributed by atoms with Gasteiger partial charge in [0.1, 0.15) is 0 Å². The highest BCUT2D eigenvalue weighted by molar-refractivity contribution is 5.77. The monoisotopic (exact) mass is 396 g/mol. The van der Waals surface area contributed by atoms with Gasteiger partial charge in [-0.25, -0.2) is 0 Å². The topological polar surface area (TPSA) is 40.6 Å². The molecule has 0 bridgehead atoms. The van der Waals surface area contributed by atoms with E-state index in [0.717, 1.165) is 25.7 Å². The average Bonchev–Trinajstić information content (AvgIpc) is 2.69. The summed E-state index contributed by atoms with van der Waals surface area (Å²) in [6, 6.07) is 0. The van der Waals surface area contributed by atoms with Crippen molar-refractivity contribution in [2.24, 2.45) is 0 Å². The maximum absolute atomic E-state index is 12.2. The molecule has 0 aliphatic rings. The SMILES string of the molecule is CCCCCCCCCC(=O)N(C)CCN(C)C(=O)CCCCCCCCC. The Hall–Kier alpha value is -1.06. The Morgan fingerprint density at radius 1 is 0.500 bits per heavy atom. The minimum Gasteiger partial charge on any atom is -0.344 e. The van der Waals surface area contributed by atoms with Gasteiger partial charge in [0.05, 0.1) is 0 Å². The van der Waals surface area contributed by atoms with Crippen molar-refractivity contribution in [2.75, 3.05) is 27.2 Å². The Morgan fingerprint density at radius 2 is 0.786 bits per heavy atom. The van der Waals surface area contributed by atoms with Crippen LogP contribution in [0.2, 0.25) is 0 Å². The normalized spacial score (nSPS) is 10.9. The van der Waals surface area contributed by atoms with E-state index in [1.807, 2.05) is 14.1 Å². The second-order valence-corrected chi connectivity index (χ2v) is 8.37. The molecule has 0 aromatic carbocycles. The lowest BCUT2D eigenvalue weighted by Gasteiger charge is -2.22. The average molecular weight is 397 g/mol. The Kier molecular flexibility index (Phi) is 18.5. The van der Waals surface area contributed by atoms with Crippen molar-refractivity contribution in [3.8, 4) is 0 Å². The third-order valence-electron chi connectivity index (χ3n) is 5.61. The summed E-state index contributed by atoms with van der Waals surface area (Å²) in [5, 5.41) is 0. The first kappa shape index (κ1) is 26.9. The molecule has 166 valence electrons. The Bertz CT molecular complexity index is 349. The minimum absolute atomic E-state index is 0.210. The second kappa shape index (κ2) is 19.3. The predicted molar refractivity (Wildman–Crippen MR) is 120 cm³/mol. The van der Waals surface area contributed by atoms with Gasteiger partial charge >= 0.3 is 0 Å². The van der Waals surface area contributed by atoms with Crippen molar-refractivity contribution in [3.05, 3.63) is 0 Å². The molecule has 0 atom stereocenters. The van der Waals surface area contributed by atoms with Crippen LogP contribution in [0, 0.1) is 0 Å². The number of carbonyl (C=O) groups excluding carboxylic acids is 2. The lowest BCUT2D eigenvalue weighted by Crippen LogP contribution is -2.37. The molecular weight excluding hydrogens is 348 g/mol. The molecule has 0 saturated heterocycles. The molecule has 0 rings (SSSR count). The highest BCUT2D eigenvalue weighted by Gasteiger charge is 2.12. The van der Waals surface area contributed by atoms with Gasteiger partial charge in [0.25, 0.3) is 0 Å². The van der Waals surface area contributed by atoms with E-state index in [9.17, 15) is 9.59 Å². The number of unbranched alkanes of at least 4 members (excludes halogenated alkanes) is 12. The van der Waals surface area contributed by atoms with Crippen LogP contribution in [0.25, 0.3) is 0 Å². The van der Waals surface area contributed by atoms with Gasteiger partial charge in [-0.05, 0) is 12.8 Å². The third kappa shape index (κ3) is 15.9. The van der Waals surface area contributed by atoms with E-state index in [1.54, 1.807) is 9.80 Å². The zero-order chi connectivity index (χ0) is 21.0. The van der Waals surface area contributed by atoms with Crippen molar-refractivity contribution < 1.29 is 9.59 Å². The fourth-order valence-corrected chi connectivity index (χ4v) is 3.40. The van der Waals surface area contributed by atoms with E-state index in [0.29, 0.717) is 25.9 Å². The van der Waals surface area contributed by atoms with Crippen molar-refractivity contribution >= 4 is 11.8 Å². The lowest BCUT2D eigenvalue weighted by atomic mass is 10.1. The molecule has 0 unspecified atom stereocenters. The van der Waals surface area contributed by atoms with E-state index in [2.05, 4.69) is 13.8 Å².